The molecule has 1 aromatic carbocycles. The number of methoxy groups -OCH3 is 1. The van der Waals surface area contributed by atoms with Gasteiger partial charge in [0.25, 0.3) is 0 Å². The van der Waals surface area contributed by atoms with Gasteiger partial charge in [-0.15, -0.1) is 0 Å². The van der Waals surface area contributed by atoms with Gasteiger partial charge < -0.3 is 20.3 Å². The Labute approximate surface area is 350 Å². The van der Waals surface area contributed by atoms with E-state index < -0.39 is 0 Å². The van der Waals surface area contributed by atoms with Crippen molar-refractivity contribution < 1.29 is 14.3 Å². The van der Waals surface area contributed by atoms with Gasteiger partial charge in [-0.1, -0.05) is 112 Å². The van der Waals surface area contributed by atoms with Crippen molar-refractivity contribution in [3.05, 3.63) is 41.5 Å². The molecule has 1 aliphatic heterocycles. The molecule has 322 valence electrons. The second kappa shape index (κ2) is 24.4. The number of amides is 1. The predicted octanol–water partition coefficient (Wildman–Crippen LogP) is 11.4. The second-order valence-electron chi connectivity index (χ2n) is 17.7. The number of carbonyl (C=O) groups is 2. The molecule has 2 N–H and O–H groups in total. The van der Waals surface area contributed by atoms with Gasteiger partial charge in [-0.3, -0.25) is 9.59 Å². The van der Waals surface area contributed by atoms with Gasteiger partial charge in [0.2, 0.25) is 6.41 Å². The summed E-state index contributed by atoms with van der Waals surface area (Å²) in [5.41, 5.74) is 5.35. The number of carbonyl (C=O) groups excluding carboxylic acids is 2. The van der Waals surface area contributed by atoms with E-state index in [1.165, 1.54) is 119 Å². The monoisotopic (exact) mass is 798 g/mol. The van der Waals surface area contributed by atoms with Crippen LogP contribution in [0, 0.1) is 45.8 Å². The molecule has 0 aromatic heterocycles. The molecule has 6 aliphatic rings. The highest BCUT2D eigenvalue weighted by atomic mass is 32.2. The fourth-order valence-corrected chi connectivity index (χ4v) is 13.5. The molecule has 1 aromatic rings. The molecule has 7 heteroatoms. The van der Waals surface area contributed by atoms with E-state index in [4.69, 9.17) is 4.79 Å². The van der Waals surface area contributed by atoms with Crippen LogP contribution in [0.3, 0.4) is 0 Å². The van der Waals surface area contributed by atoms with Crippen LogP contribution >= 0.6 is 11.8 Å². The van der Waals surface area contributed by atoms with Crippen LogP contribution in [-0.2, 0) is 9.53 Å². The van der Waals surface area contributed by atoms with Crippen molar-refractivity contribution in [1.29, 1.82) is 0 Å². The summed E-state index contributed by atoms with van der Waals surface area (Å²) in [7, 11) is 4.81. The van der Waals surface area contributed by atoms with Gasteiger partial charge >= 0.3 is 0 Å². The minimum Gasteiger partial charge on any atom is -0.388 e. The van der Waals surface area contributed by atoms with Crippen molar-refractivity contribution in [2.75, 3.05) is 59.0 Å². The Kier molecular flexibility index (Phi) is 22.0. The average Bonchev–Trinajstić information content (AvgIpc) is 3.65. The molecule has 0 spiro atoms. The van der Waals surface area contributed by atoms with Gasteiger partial charge in [0.15, 0.2) is 0 Å². The van der Waals surface area contributed by atoms with Crippen molar-refractivity contribution in [2.45, 2.75) is 145 Å². The molecule has 0 radical (unpaired) electrons. The third-order valence-corrected chi connectivity index (χ3v) is 16.0. The second-order valence-corrected chi connectivity index (χ2v) is 18.9. The molecule has 7 unspecified atom stereocenters. The topological polar surface area (TPSA) is 70.7 Å². The number of hydrogen-bond donors (Lipinski definition) is 2. The Morgan fingerprint density at radius 3 is 2.02 bits per heavy atom. The predicted molar refractivity (Wildman–Crippen MR) is 245 cm³/mol. The Bertz CT molecular complexity index is 1300. The van der Waals surface area contributed by atoms with Gasteiger partial charge in [-0.2, -0.15) is 11.8 Å². The maximum Gasteiger partial charge on any atom is 0.206 e. The lowest BCUT2D eigenvalue weighted by atomic mass is 9.34. The van der Waals surface area contributed by atoms with Crippen LogP contribution in [0.4, 0.5) is 0 Å². The highest BCUT2D eigenvalue weighted by molar-refractivity contribution is 7.99. The summed E-state index contributed by atoms with van der Waals surface area (Å²) in [6.07, 6.45) is 19.5. The van der Waals surface area contributed by atoms with E-state index >= 15 is 0 Å². The summed E-state index contributed by atoms with van der Waals surface area (Å²) < 4.78 is 4.25. The Morgan fingerprint density at radius 1 is 0.839 bits per heavy atom. The van der Waals surface area contributed by atoms with Crippen LogP contribution in [0.5, 0.6) is 0 Å². The first-order valence-corrected chi connectivity index (χ1v) is 24.0. The van der Waals surface area contributed by atoms with E-state index in [2.05, 4.69) is 91.8 Å². The van der Waals surface area contributed by atoms with Crippen molar-refractivity contribution in [1.82, 2.24) is 15.5 Å². The van der Waals surface area contributed by atoms with Crippen LogP contribution in [0.25, 0.3) is 5.57 Å². The van der Waals surface area contributed by atoms with Crippen LogP contribution in [0.1, 0.15) is 156 Å². The van der Waals surface area contributed by atoms with E-state index in [0.717, 1.165) is 35.5 Å². The van der Waals surface area contributed by atoms with Gasteiger partial charge in [-0.05, 0) is 115 Å². The molecule has 6 nitrogen and oxygen atoms in total. The van der Waals surface area contributed by atoms with Crippen LogP contribution in [0.2, 0.25) is 0 Å². The minimum absolute atomic E-state index is 0.391. The standard InChI is InChI=1S/C38H56N2OS.C3H8.C2H5NO.C2H6O.2C2H6/c1-27-30(29-9-7-28(26-41)8-10-29)13-16-35(2)31(27)14-17-37(4)34(35)12-11-32-33-6-5-15-38(33,19-18-36(32,37)3)39-20-21-40-22-24-42-25-23-40;1-3-2;1-3-2-4;1-3-2;2*1-2/h7-10,13,26-27,31-34,39H,5-6,11-12,14-25H2,1-4H3;3H2,1-2H3;2H,1H3,(H,3,4);1-2H3;2*1-2H3/t27?,31?,32?,33-,34?,35?,36-,37?,38?;;;;;/m1...../s1. The molecule has 1 heterocycles. The van der Waals surface area contributed by atoms with E-state index in [0.29, 0.717) is 34.1 Å². The van der Waals surface area contributed by atoms with Gasteiger partial charge in [0.1, 0.15) is 6.29 Å². The molecular weight excluding hydrogens is 711 g/mol. The number of fused-ring (bicyclic) bond motifs is 7. The third kappa shape index (κ3) is 10.9. The van der Waals surface area contributed by atoms with Crippen molar-refractivity contribution in [2.24, 2.45) is 45.8 Å². The third-order valence-electron chi connectivity index (χ3n) is 15.1. The largest absolute Gasteiger partial charge is 0.388 e. The molecule has 0 bridgehead atoms. The number of ether oxygens (including phenoxy) is 1. The first kappa shape index (κ1) is 50.5. The highest BCUT2D eigenvalue weighted by Crippen LogP contribution is 2.75. The summed E-state index contributed by atoms with van der Waals surface area (Å²) in [4.78, 5) is 23.0. The summed E-state index contributed by atoms with van der Waals surface area (Å²) in [5.74, 6) is 6.56. The quantitative estimate of drug-likeness (QED) is 0.268. The first-order chi connectivity index (χ1) is 27.0. The number of allylic oxidation sites excluding steroid dienone is 2. The summed E-state index contributed by atoms with van der Waals surface area (Å²) in [5, 5.41) is 6.54. The smallest absolute Gasteiger partial charge is 0.206 e. The zero-order valence-electron chi connectivity index (χ0n) is 38.5. The maximum atomic E-state index is 11.2. The Balaban J connectivity index is 0.000000684. The lowest BCUT2D eigenvalue weighted by Gasteiger charge is -2.71. The number of rotatable bonds is 7. The lowest BCUT2D eigenvalue weighted by molar-refractivity contribution is -0.211. The maximum absolute atomic E-state index is 11.2. The number of nitrogens with one attached hydrogen (secondary N) is 2. The van der Waals surface area contributed by atoms with Crippen LogP contribution < -0.4 is 10.6 Å². The molecule has 5 aliphatic carbocycles. The zero-order chi connectivity index (χ0) is 42.0. The molecular formula is C49H87N3O3S. The van der Waals surface area contributed by atoms with Crippen molar-refractivity contribution in [3.63, 3.8) is 0 Å². The van der Waals surface area contributed by atoms with Crippen LogP contribution in [0.15, 0.2) is 30.3 Å². The molecule has 7 rings (SSSR count). The first-order valence-electron chi connectivity index (χ1n) is 22.8. The number of thioether (sulfide) groups is 1. The zero-order valence-corrected chi connectivity index (χ0v) is 39.3. The van der Waals surface area contributed by atoms with Crippen LogP contribution in [-0.4, -0.2) is 82.1 Å². The fourth-order valence-electron chi connectivity index (χ4n) is 12.5. The number of aldehydes is 1. The SMILES string of the molecule is CC.CC.CC1C(c2ccc(C=O)cc2)=CCC2(C)C1CCC1(C)C2CCC2[C@H]3CCCC3(NCCN3CCSCC3)CC[C@]21C.CCC.CNC=O.COC. The van der Waals surface area contributed by atoms with Crippen molar-refractivity contribution in [3.8, 4) is 0 Å². The summed E-state index contributed by atoms with van der Waals surface area (Å²) >= 11 is 2.13. The number of benzene rings is 1. The fraction of sp³-hybridized carbons (Fsp3) is 0.796. The average molecular weight is 798 g/mol. The van der Waals surface area contributed by atoms with E-state index in [9.17, 15) is 4.79 Å². The van der Waals surface area contributed by atoms with E-state index in [1.54, 1.807) is 21.3 Å². The summed E-state index contributed by atoms with van der Waals surface area (Å²) in [6.45, 7) is 28.0. The number of nitrogens with zero attached hydrogens (tertiary/aromatic N) is 1. The van der Waals surface area contributed by atoms with E-state index in [-0.39, 0.29) is 0 Å². The summed E-state index contributed by atoms with van der Waals surface area (Å²) in [6, 6.07) is 8.36. The molecule has 4 saturated carbocycles. The molecule has 5 fully saturated rings. The van der Waals surface area contributed by atoms with Crippen molar-refractivity contribution >= 4 is 30.0 Å². The normalized spacial score (nSPS) is 35.2. The molecule has 1 saturated heterocycles. The minimum atomic E-state index is 0.391. The lowest BCUT2D eigenvalue weighted by Crippen LogP contribution is -2.67. The van der Waals surface area contributed by atoms with Gasteiger partial charge in [-0.25, -0.2) is 0 Å². The Hall–Kier alpha value is -1.67. The van der Waals surface area contributed by atoms with Gasteiger partial charge in [0.05, 0.1) is 0 Å². The van der Waals surface area contributed by atoms with E-state index in [1.807, 2.05) is 39.8 Å². The Morgan fingerprint density at radius 2 is 1.45 bits per heavy atom. The molecule has 9 atom stereocenters. The molecule has 56 heavy (non-hydrogen) atoms. The highest BCUT2D eigenvalue weighted by Gasteiger charge is 2.68. The molecule has 1 amide bonds. The van der Waals surface area contributed by atoms with Gasteiger partial charge in [0, 0.05) is 70.1 Å². The number of hydrogen-bond acceptors (Lipinski definition) is 6.